The number of amides is 1. The molecule has 14 heteroatoms. The number of fused-ring (bicyclic) bond motifs is 4. The Morgan fingerprint density at radius 1 is 1.15 bits per heavy atom. The topological polar surface area (TPSA) is 91.8 Å². The Hall–Kier alpha value is -3.98. The minimum Gasteiger partial charge on any atom is -0.456 e. The van der Waals surface area contributed by atoms with Crippen molar-refractivity contribution in [3.8, 4) is 21.6 Å². The van der Waals surface area contributed by atoms with E-state index in [2.05, 4.69) is 4.74 Å². The average molecular weight is 670 g/mol. The Morgan fingerprint density at radius 3 is 2.80 bits per heavy atom. The van der Waals surface area contributed by atoms with Gasteiger partial charge in [-0.05, 0) is 39.8 Å². The molecule has 2 aromatic carbocycles. The number of halogens is 3. The summed E-state index contributed by atoms with van der Waals surface area (Å²) < 4.78 is 62.3. The number of benzene rings is 2. The standard InChI is InChI=1S/C32H26F3N3O6S2/c1-42-31(41)44-15-43-28-21(39)8-9-37-27(28)30(40)36-10-11-45-14-22(36)38(37)26-17-4-2-3-5-18(17)29-23-16(13-46-29)12-32(34,35)25-20(33)7-6-19(26)24(23)25/h2-9,13,21-22,26,39H,10-12,14-15H2,1H3. The number of hydrogen-bond donors (Lipinski definition) is 1. The first kappa shape index (κ1) is 29.4. The molecule has 0 bridgehead atoms. The number of aliphatic hydroxyl groups excluding tert-OH is 1. The molecule has 3 aliphatic heterocycles. The van der Waals surface area contributed by atoms with E-state index in [9.17, 15) is 14.7 Å². The number of ether oxygens (including phenoxy) is 3. The summed E-state index contributed by atoms with van der Waals surface area (Å²) in [6.45, 7) is -0.258. The Kier molecular flexibility index (Phi) is 6.90. The van der Waals surface area contributed by atoms with Crippen LogP contribution >= 0.6 is 23.1 Å². The van der Waals surface area contributed by atoms with Crippen LogP contribution in [-0.4, -0.2) is 76.3 Å². The zero-order chi connectivity index (χ0) is 31.9. The van der Waals surface area contributed by atoms with Crippen molar-refractivity contribution in [2.75, 3.05) is 32.0 Å². The molecule has 3 atom stereocenters. The normalized spacial score (nSPS) is 24.0. The highest BCUT2D eigenvalue weighted by Crippen LogP contribution is 2.59. The third kappa shape index (κ3) is 4.23. The van der Waals surface area contributed by atoms with Crippen LogP contribution in [0.4, 0.5) is 18.0 Å². The number of thiophene rings is 1. The van der Waals surface area contributed by atoms with Gasteiger partial charge in [-0.3, -0.25) is 9.80 Å². The molecule has 238 valence electrons. The van der Waals surface area contributed by atoms with Crippen LogP contribution in [0.1, 0.15) is 28.3 Å². The van der Waals surface area contributed by atoms with Gasteiger partial charge in [-0.2, -0.15) is 16.8 Å². The van der Waals surface area contributed by atoms with Gasteiger partial charge < -0.3 is 24.2 Å². The number of alkyl halides is 2. The molecule has 5 aliphatic rings. The zero-order valence-electron chi connectivity index (χ0n) is 24.2. The van der Waals surface area contributed by atoms with E-state index in [1.54, 1.807) is 39.3 Å². The number of rotatable bonds is 4. The summed E-state index contributed by atoms with van der Waals surface area (Å²) in [5, 5.41) is 16.2. The number of methoxy groups -OCH3 is 1. The van der Waals surface area contributed by atoms with Crippen LogP contribution in [0, 0.1) is 5.82 Å². The van der Waals surface area contributed by atoms with Crippen molar-refractivity contribution in [3.05, 3.63) is 93.6 Å². The van der Waals surface area contributed by atoms with Gasteiger partial charge in [-0.15, -0.1) is 11.3 Å². The first-order valence-corrected chi connectivity index (χ1v) is 16.6. The van der Waals surface area contributed by atoms with E-state index in [4.69, 9.17) is 9.47 Å². The number of aliphatic hydroxyl groups is 1. The zero-order valence-corrected chi connectivity index (χ0v) is 25.9. The second-order valence-corrected chi connectivity index (χ2v) is 13.4. The lowest BCUT2D eigenvalue weighted by atomic mass is 9.80. The SMILES string of the molecule is COC(=O)OCOC1=C2C(=O)N3CCSCC3N(C3c4ccccc4-c4scc5c4-c4c3ccc(F)c4C(F)(F)C5)N2C=CC1O. The van der Waals surface area contributed by atoms with Crippen LogP contribution in [-0.2, 0) is 31.3 Å². The molecular formula is C32H26F3N3O6S2. The van der Waals surface area contributed by atoms with Crippen molar-refractivity contribution in [1.29, 1.82) is 0 Å². The van der Waals surface area contributed by atoms with Crippen molar-refractivity contribution in [3.63, 3.8) is 0 Å². The van der Waals surface area contributed by atoms with E-state index in [1.165, 1.54) is 17.4 Å². The molecule has 2 saturated heterocycles. The maximum Gasteiger partial charge on any atom is 0.510 e. The summed E-state index contributed by atoms with van der Waals surface area (Å²) >= 11 is 3.01. The predicted octanol–water partition coefficient (Wildman–Crippen LogP) is 5.56. The van der Waals surface area contributed by atoms with Crippen molar-refractivity contribution >= 4 is 35.2 Å². The van der Waals surface area contributed by atoms with Crippen molar-refractivity contribution in [1.82, 2.24) is 14.9 Å². The van der Waals surface area contributed by atoms with E-state index in [-0.39, 0.29) is 17.0 Å². The second kappa shape index (κ2) is 10.8. The van der Waals surface area contributed by atoms with E-state index < -0.39 is 60.9 Å². The molecule has 2 aliphatic carbocycles. The van der Waals surface area contributed by atoms with Crippen LogP contribution in [0.3, 0.4) is 0 Å². The Bertz CT molecular complexity index is 1860. The monoisotopic (exact) mass is 669 g/mol. The summed E-state index contributed by atoms with van der Waals surface area (Å²) in [6.07, 6.45) is -0.509. The quantitative estimate of drug-likeness (QED) is 0.283. The van der Waals surface area contributed by atoms with Crippen LogP contribution in [0.2, 0.25) is 0 Å². The van der Waals surface area contributed by atoms with Gasteiger partial charge in [0.2, 0.25) is 6.79 Å². The third-order valence-corrected chi connectivity index (χ3v) is 11.0. The van der Waals surface area contributed by atoms with Crippen molar-refractivity contribution in [2.24, 2.45) is 0 Å². The largest absolute Gasteiger partial charge is 0.510 e. The molecule has 0 spiro atoms. The van der Waals surface area contributed by atoms with Crippen LogP contribution in [0.5, 0.6) is 0 Å². The van der Waals surface area contributed by atoms with Crippen molar-refractivity contribution in [2.45, 2.75) is 30.7 Å². The van der Waals surface area contributed by atoms with Gasteiger partial charge in [-0.25, -0.2) is 18.0 Å². The van der Waals surface area contributed by atoms with E-state index in [0.717, 1.165) is 29.2 Å². The van der Waals surface area contributed by atoms with Gasteiger partial charge in [-0.1, -0.05) is 30.3 Å². The van der Waals surface area contributed by atoms with Crippen LogP contribution < -0.4 is 0 Å². The smallest absolute Gasteiger partial charge is 0.456 e. The summed E-state index contributed by atoms with van der Waals surface area (Å²) in [5.41, 5.74) is 2.71. The molecule has 3 unspecified atom stereocenters. The van der Waals surface area contributed by atoms with E-state index in [1.807, 2.05) is 29.3 Å². The Labute approximate surface area is 269 Å². The van der Waals surface area contributed by atoms with E-state index in [0.29, 0.717) is 34.7 Å². The first-order chi connectivity index (χ1) is 22.2. The fraction of sp³-hybridized carbons (Fsp3) is 0.312. The number of thioether (sulfide) groups is 1. The van der Waals surface area contributed by atoms with Gasteiger partial charge in [0.15, 0.2) is 11.5 Å². The number of carbonyl (C=O) groups excluding carboxylic acids is 2. The molecule has 2 fully saturated rings. The predicted molar refractivity (Wildman–Crippen MR) is 163 cm³/mol. The molecule has 0 saturated carbocycles. The van der Waals surface area contributed by atoms with Gasteiger partial charge in [0.25, 0.3) is 11.8 Å². The molecular weight excluding hydrogens is 643 g/mol. The highest BCUT2D eigenvalue weighted by atomic mass is 32.2. The fourth-order valence-electron chi connectivity index (χ4n) is 7.12. The van der Waals surface area contributed by atoms with Gasteiger partial charge >= 0.3 is 6.16 Å². The Morgan fingerprint density at radius 2 is 1.98 bits per heavy atom. The van der Waals surface area contributed by atoms with Crippen LogP contribution in [0.25, 0.3) is 21.6 Å². The van der Waals surface area contributed by atoms with Crippen molar-refractivity contribution < 1.29 is 42.1 Å². The molecule has 1 aromatic heterocycles. The van der Waals surface area contributed by atoms with Gasteiger partial charge in [0.1, 0.15) is 18.1 Å². The lowest BCUT2D eigenvalue weighted by Crippen LogP contribution is -2.67. The molecule has 3 aromatic rings. The van der Waals surface area contributed by atoms with E-state index >= 15 is 13.2 Å². The number of hydrogen-bond acceptors (Lipinski definition) is 10. The molecule has 0 radical (unpaired) electrons. The lowest BCUT2D eigenvalue weighted by molar-refractivity contribution is -0.164. The average Bonchev–Trinajstić information content (AvgIpc) is 3.41. The Balaban J connectivity index is 1.37. The van der Waals surface area contributed by atoms with Gasteiger partial charge in [0.05, 0.1) is 18.7 Å². The maximum absolute atomic E-state index is 15.8. The maximum atomic E-state index is 15.8. The number of hydrazine groups is 1. The van der Waals surface area contributed by atoms with Gasteiger partial charge in [0, 0.05) is 46.7 Å². The molecule has 8 rings (SSSR count). The summed E-state index contributed by atoms with van der Waals surface area (Å²) in [5.74, 6) is -3.80. The molecule has 9 nitrogen and oxygen atoms in total. The van der Waals surface area contributed by atoms with Crippen LogP contribution in [0.15, 0.2) is 65.5 Å². The highest BCUT2D eigenvalue weighted by molar-refractivity contribution is 7.99. The highest BCUT2D eigenvalue weighted by Gasteiger charge is 2.53. The minimum atomic E-state index is -3.44. The molecule has 4 heterocycles. The first-order valence-electron chi connectivity index (χ1n) is 14.5. The molecule has 1 N–H and O–H groups in total. The summed E-state index contributed by atoms with van der Waals surface area (Å²) in [4.78, 5) is 28.2. The molecule has 1 amide bonds. The third-order valence-electron chi connectivity index (χ3n) is 8.96. The summed E-state index contributed by atoms with van der Waals surface area (Å²) in [7, 11) is 1.14. The number of carbonyl (C=O) groups is 2. The second-order valence-electron chi connectivity index (χ2n) is 11.4. The molecule has 46 heavy (non-hydrogen) atoms. The fourth-order valence-corrected chi connectivity index (χ4v) is 9.28. The minimum absolute atomic E-state index is 0.00915. The number of nitrogens with zero attached hydrogens (tertiary/aromatic N) is 3. The lowest BCUT2D eigenvalue weighted by Gasteiger charge is -2.55. The summed E-state index contributed by atoms with van der Waals surface area (Å²) in [6, 6.07) is 9.53.